The predicted octanol–water partition coefficient (Wildman–Crippen LogP) is 5.32. The minimum Gasteiger partial charge on any atom is -0.497 e. The lowest BCUT2D eigenvalue weighted by molar-refractivity contribution is 0.0929. The topological polar surface area (TPSA) is 48.0 Å². The largest absolute Gasteiger partial charge is 0.497 e. The van der Waals surface area contributed by atoms with Crippen molar-refractivity contribution in [3.8, 4) is 5.75 Å². The summed E-state index contributed by atoms with van der Waals surface area (Å²) in [6.45, 7) is 7.12. The zero-order valence-corrected chi connectivity index (χ0v) is 22.7. The van der Waals surface area contributed by atoms with Gasteiger partial charge in [-0.25, -0.2) is 4.79 Å². The van der Waals surface area contributed by atoms with Gasteiger partial charge in [0.05, 0.1) is 32.9 Å². The molecule has 1 amide bonds. The summed E-state index contributed by atoms with van der Waals surface area (Å²) in [7, 11) is 0.330. The molecule has 0 aromatic heterocycles. The van der Waals surface area contributed by atoms with Crippen LogP contribution in [0.4, 0.5) is 4.79 Å². The molecule has 188 valence electrons. The van der Waals surface area contributed by atoms with Crippen molar-refractivity contribution in [1.29, 1.82) is 0 Å². The number of methoxy groups -OCH3 is 2. The van der Waals surface area contributed by atoms with E-state index >= 15 is 0 Å². The van der Waals surface area contributed by atoms with Crippen molar-refractivity contribution in [2.45, 2.75) is 37.9 Å². The zero-order chi connectivity index (χ0) is 25.8. The van der Waals surface area contributed by atoms with E-state index in [1.165, 1.54) is 17.5 Å². The molecule has 1 aliphatic heterocycles. The highest BCUT2D eigenvalue weighted by Crippen LogP contribution is 2.38. The van der Waals surface area contributed by atoms with Gasteiger partial charge in [-0.3, -0.25) is 4.90 Å². The molecular formula is C30H35NO4Si. The van der Waals surface area contributed by atoms with Crippen LogP contribution in [0, 0.1) is 0 Å². The first-order valence-corrected chi connectivity index (χ1v) is 14.2. The SMILES string of the molecule is COC(=O)N1[C@H](CO[Si](c2ccccc2)(c2ccccc2)C(C)(C)C)C=C[C@H]1c1ccc(OC)cc1. The predicted molar refractivity (Wildman–Crippen MR) is 146 cm³/mol. The molecule has 3 aromatic carbocycles. The molecule has 0 fully saturated rings. The molecule has 6 heteroatoms. The summed E-state index contributed by atoms with van der Waals surface area (Å²) in [4.78, 5) is 14.8. The Morgan fingerprint density at radius 2 is 1.39 bits per heavy atom. The van der Waals surface area contributed by atoms with Crippen LogP contribution in [-0.4, -0.2) is 46.2 Å². The van der Waals surface area contributed by atoms with E-state index in [1.54, 1.807) is 12.0 Å². The van der Waals surface area contributed by atoms with Crippen LogP contribution in [0.15, 0.2) is 97.1 Å². The van der Waals surface area contributed by atoms with Gasteiger partial charge in [0.2, 0.25) is 0 Å². The fraction of sp³-hybridized carbons (Fsp3) is 0.300. The van der Waals surface area contributed by atoms with Gasteiger partial charge in [-0.05, 0) is 33.1 Å². The van der Waals surface area contributed by atoms with E-state index < -0.39 is 8.32 Å². The number of benzene rings is 3. The number of amides is 1. The fourth-order valence-corrected chi connectivity index (χ4v) is 9.74. The first-order valence-electron chi connectivity index (χ1n) is 12.3. The van der Waals surface area contributed by atoms with Crippen LogP contribution in [0.25, 0.3) is 0 Å². The second-order valence-corrected chi connectivity index (χ2v) is 14.3. The highest BCUT2D eigenvalue weighted by Gasteiger charge is 2.51. The lowest BCUT2D eigenvalue weighted by Gasteiger charge is -2.44. The second kappa shape index (κ2) is 10.7. The van der Waals surface area contributed by atoms with Gasteiger partial charge in [0.25, 0.3) is 8.32 Å². The molecule has 1 heterocycles. The summed E-state index contributed by atoms with van der Waals surface area (Å²) >= 11 is 0. The van der Waals surface area contributed by atoms with Crippen LogP contribution >= 0.6 is 0 Å². The van der Waals surface area contributed by atoms with Crippen LogP contribution in [0.3, 0.4) is 0 Å². The highest BCUT2D eigenvalue weighted by atomic mass is 28.4. The normalized spacial score (nSPS) is 17.8. The van der Waals surface area contributed by atoms with Crippen molar-refractivity contribution in [2.24, 2.45) is 0 Å². The van der Waals surface area contributed by atoms with Crippen molar-refractivity contribution in [3.05, 3.63) is 103 Å². The molecule has 3 aromatic rings. The molecule has 0 unspecified atom stereocenters. The Morgan fingerprint density at radius 1 is 0.833 bits per heavy atom. The van der Waals surface area contributed by atoms with E-state index in [0.717, 1.165) is 11.3 Å². The number of carbonyl (C=O) groups excluding carboxylic acids is 1. The third-order valence-corrected chi connectivity index (χ3v) is 11.9. The molecule has 0 saturated heterocycles. The van der Waals surface area contributed by atoms with E-state index in [4.69, 9.17) is 13.9 Å². The molecule has 0 radical (unpaired) electrons. The van der Waals surface area contributed by atoms with E-state index in [2.05, 4.69) is 81.5 Å². The molecule has 36 heavy (non-hydrogen) atoms. The van der Waals surface area contributed by atoms with Crippen LogP contribution in [-0.2, 0) is 9.16 Å². The van der Waals surface area contributed by atoms with Gasteiger partial charge >= 0.3 is 6.09 Å². The van der Waals surface area contributed by atoms with Gasteiger partial charge < -0.3 is 13.9 Å². The van der Waals surface area contributed by atoms with Crippen molar-refractivity contribution in [2.75, 3.05) is 20.8 Å². The zero-order valence-electron chi connectivity index (χ0n) is 21.7. The monoisotopic (exact) mass is 501 g/mol. The first kappa shape index (κ1) is 25.7. The van der Waals surface area contributed by atoms with Crippen LogP contribution < -0.4 is 15.1 Å². The molecule has 0 spiro atoms. The number of rotatable bonds is 7. The van der Waals surface area contributed by atoms with E-state index in [0.29, 0.717) is 6.61 Å². The summed E-state index contributed by atoms with van der Waals surface area (Å²) in [5.74, 6) is 0.775. The number of hydrogen-bond acceptors (Lipinski definition) is 4. The maximum Gasteiger partial charge on any atom is 0.410 e. The Hall–Kier alpha value is -3.35. The molecule has 4 rings (SSSR count). The Balaban J connectivity index is 1.70. The van der Waals surface area contributed by atoms with Crippen molar-refractivity contribution in [3.63, 3.8) is 0 Å². The van der Waals surface area contributed by atoms with E-state index in [1.807, 2.05) is 36.4 Å². The Labute approximate surface area is 215 Å². The number of carbonyl (C=O) groups is 1. The number of ether oxygens (including phenoxy) is 2. The first-order chi connectivity index (χ1) is 17.3. The van der Waals surface area contributed by atoms with E-state index in [-0.39, 0.29) is 23.2 Å². The summed E-state index contributed by atoms with van der Waals surface area (Å²) < 4.78 is 17.6. The summed E-state index contributed by atoms with van der Waals surface area (Å²) in [5, 5.41) is 2.27. The lowest BCUT2D eigenvalue weighted by atomic mass is 10.1. The number of nitrogens with zero attached hydrogens (tertiary/aromatic N) is 1. The van der Waals surface area contributed by atoms with Gasteiger partial charge in [0.15, 0.2) is 0 Å². The van der Waals surface area contributed by atoms with Crippen LogP contribution in [0.5, 0.6) is 5.75 Å². The minimum atomic E-state index is -2.73. The van der Waals surface area contributed by atoms with Gasteiger partial charge in [-0.1, -0.05) is 106 Å². The van der Waals surface area contributed by atoms with Crippen molar-refractivity contribution in [1.82, 2.24) is 4.90 Å². The average Bonchev–Trinajstić information content (AvgIpc) is 3.33. The van der Waals surface area contributed by atoms with Gasteiger partial charge in [0, 0.05) is 0 Å². The Morgan fingerprint density at radius 3 is 1.86 bits per heavy atom. The standard InChI is InChI=1S/C30H35NO4Si/c1-30(2,3)36(26-12-8-6-9-13-26,27-14-10-7-11-15-27)35-22-24-18-21-28(31(24)29(32)34-5)23-16-19-25(33-4)20-17-23/h6-21,24,28H,22H2,1-5H3/t24-,28-/m0/s1. The van der Waals surface area contributed by atoms with Crippen LogP contribution in [0.1, 0.15) is 32.4 Å². The number of hydrogen-bond donors (Lipinski definition) is 0. The van der Waals surface area contributed by atoms with Gasteiger partial charge in [-0.2, -0.15) is 0 Å². The third kappa shape index (κ3) is 4.83. The average molecular weight is 502 g/mol. The summed E-state index contributed by atoms with van der Waals surface area (Å²) in [6, 6.07) is 28.3. The van der Waals surface area contributed by atoms with E-state index in [9.17, 15) is 4.79 Å². The quantitative estimate of drug-likeness (QED) is 0.325. The van der Waals surface area contributed by atoms with Crippen molar-refractivity contribution >= 4 is 24.8 Å². The molecular weight excluding hydrogens is 466 g/mol. The molecule has 0 bridgehead atoms. The third-order valence-electron chi connectivity index (χ3n) is 6.90. The maximum absolute atomic E-state index is 13.0. The fourth-order valence-electron chi connectivity index (χ4n) is 5.16. The lowest BCUT2D eigenvalue weighted by Crippen LogP contribution is -2.67. The second-order valence-electron chi connectivity index (χ2n) is 10.0. The minimum absolute atomic E-state index is 0.149. The maximum atomic E-state index is 13.0. The molecule has 5 nitrogen and oxygen atoms in total. The summed E-state index contributed by atoms with van der Waals surface area (Å²) in [5.41, 5.74) is 0.991. The smallest absolute Gasteiger partial charge is 0.410 e. The van der Waals surface area contributed by atoms with Gasteiger partial charge in [0.1, 0.15) is 5.75 Å². The highest BCUT2D eigenvalue weighted by molar-refractivity contribution is 6.99. The molecule has 0 aliphatic carbocycles. The van der Waals surface area contributed by atoms with Crippen LogP contribution in [0.2, 0.25) is 5.04 Å². The Kier molecular flexibility index (Phi) is 7.67. The molecule has 2 atom stereocenters. The molecule has 0 N–H and O–H groups in total. The van der Waals surface area contributed by atoms with Gasteiger partial charge in [-0.15, -0.1) is 0 Å². The summed E-state index contributed by atoms with van der Waals surface area (Å²) in [6.07, 6.45) is 3.73. The molecule has 0 saturated carbocycles. The molecule has 1 aliphatic rings. The van der Waals surface area contributed by atoms with Crippen molar-refractivity contribution < 1.29 is 18.7 Å². The Bertz CT molecular complexity index is 1130.